The van der Waals surface area contributed by atoms with Crippen molar-refractivity contribution in [3.8, 4) is 5.75 Å². The number of carbonyl (C=O) groups excluding carboxylic acids is 2. The third kappa shape index (κ3) is 8.10. The molecule has 0 aliphatic rings. The van der Waals surface area contributed by atoms with E-state index in [0.29, 0.717) is 17.9 Å². The molecular formula is C32H41N3O5S. The standard InChI is InChI=1S/C32H41N3O5S/c1-7-25(5)33-32(37)30(8-2)34(21-26-11-9-10-24(4)20-26)31(36)22-35(27-14-16-28(40-6)17-15-27)41(38,39)29-18-12-23(3)13-19-29/h9-20,25,30H,7-8,21-22H2,1-6H3,(H,33,37). The van der Waals surface area contributed by atoms with Crippen molar-refractivity contribution in [3.05, 3.63) is 89.5 Å². The van der Waals surface area contributed by atoms with Crippen molar-refractivity contribution in [2.24, 2.45) is 0 Å². The molecule has 2 amide bonds. The predicted octanol–water partition coefficient (Wildman–Crippen LogP) is 5.23. The lowest BCUT2D eigenvalue weighted by Gasteiger charge is -2.33. The van der Waals surface area contributed by atoms with Crippen molar-refractivity contribution in [1.82, 2.24) is 10.2 Å². The Hall–Kier alpha value is -3.85. The monoisotopic (exact) mass is 579 g/mol. The molecule has 3 aromatic rings. The largest absolute Gasteiger partial charge is 0.497 e. The Morgan fingerprint density at radius 3 is 2.12 bits per heavy atom. The maximum absolute atomic E-state index is 14.1. The zero-order valence-corrected chi connectivity index (χ0v) is 25.6. The number of hydrogen-bond donors (Lipinski definition) is 1. The molecule has 0 saturated carbocycles. The average molecular weight is 580 g/mol. The molecule has 2 unspecified atom stereocenters. The normalized spacial score (nSPS) is 12.7. The highest BCUT2D eigenvalue weighted by atomic mass is 32.2. The molecule has 0 fully saturated rings. The molecule has 1 N–H and O–H groups in total. The van der Waals surface area contributed by atoms with E-state index >= 15 is 0 Å². The van der Waals surface area contributed by atoms with Gasteiger partial charge in [0.1, 0.15) is 18.3 Å². The molecule has 0 aliphatic heterocycles. The van der Waals surface area contributed by atoms with Gasteiger partial charge < -0.3 is 15.0 Å². The van der Waals surface area contributed by atoms with Crippen LogP contribution in [0, 0.1) is 13.8 Å². The van der Waals surface area contributed by atoms with E-state index in [0.717, 1.165) is 27.4 Å². The van der Waals surface area contributed by atoms with Crippen molar-refractivity contribution < 1.29 is 22.7 Å². The molecule has 0 spiro atoms. The summed E-state index contributed by atoms with van der Waals surface area (Å²) < 4.78 is 34.3. The molecule has 0 heterocycles. The minimum atomic E-state index is -4.13. The minimum Gasteiger partial charge on any atom is -0.497 e. The van der Waals surface area contributed by atoms with Gasteiger partial charge in [0, 0.05) is 12.6 Å². The van der Waals surface area contributed by atoms with Crippen molar-refractivity contribution in [2.75, 3.05) is 18.0 Å². The van der Waals surface area contributed by atoms with Crippen molar-refractivity contribution in [1.29, 1.82) is 0 Å². The van der Waals surface area contributed by atoms with Gasteiger partial charge in [0.05, 0.1) is 17.7 Å². The second kappa shape index (κ2) is 14.2. The number of methoxy groups -OCH3 is 1. The van der Waals surface area contributed by atoms with E-state index in [1.54, 1.807) is 36.4 Å². The van der Waals surface area contributed by atoms with E-state index in [1.807, 2.05) is 58.9 Å². The van der Waals surface area contributed by atoms with E-state index < -0.39 is 28.5 Å². The summed E-state index contributed by atoms with van der Waals surface area (Å²) in [6.45, 7) is 9.25. The Kier molecular flexibility index (Phi) is 10.9. The maximum atomic E-state index is 14.1. The maximum Gasteiger partial charge on any atom is 0.264 e. The highest BCUT2D eigenvalue weighted by Gasteiger charge is 2.34. The molecule has 41 heavy (non-hydrogen) atoms. The minimum absolute atomic E-state index is 0.0646. The fourth-order valence-electron chi connectivity index (χ4n) is 4.48. The van der Waals surface area contributed by atoms with Crippen LogP contribution in [0.1, 0.15) is 50.3 Å². The number of amides is 2. The lowest BCUT2D eigenvalue weighted by atomic mass is 10.1. The summed E-state index contributed by atoms with van der Waals surface area (Å²) in [4.78, 5) is 29.1. The summed E-state index contributed by atoms with van der Waals surface area (Å²) in [5.41, 5.74) is 3.10. The second-order valence-electron chi connectivity index (χ2n) is 10.3. The Morgan fingerprint density at radius 1 is 0.902 bits per heavy atom. The van der Waals surface area contributed by atoms with Crippen LogP contribution in [0.5, 0.6) is 5.75 Å². The fourth-order valence-corrected chi connectivity index (χ4v) is 5.90. The zero-order chi connectivity index (χ0) is 30.2. The van der Waals surface area contributed by atoms with E-state index in [-0.39, 0.29) is 23.4 Å². The van der Waals surface area contributed by atoms with Crippen LogP contribution in [0.2, 0.25) is 0 Å². The van der Waals surface area contributed by atoms with Gasteiger partial charge in [-0.3, -0.25) is 13.9 Å². The van der Waals surface area contributed by atoms with Gasteiger partial charge in [0.2, 0.25) is 11.8 Å². The van der Waals surface area contributed by atoms with E-state index in [1.165, 1.54) is 24.1 Å². The van der Waals surface area contributed by atoms with Crippen molar-refractivity contribution in [2.45, 2.75) is 71.0 Å². The van der Waals surface area contributed by atoms with E-state index in [4.69, 9.17) is 4.74 Å². The smallest absolute Gasteiger partial charge is 0.264 e. The topological polar surface area (TPSA) is 96.0 Å². The van der Waals surface area contributed by atoms with Crippen LogP contribution >= 0.6 is 0 Å². The summed E-state index contributed by atoms with van der Waals surface area (Å²) in [5, 5.41) is 2.99. The van der Waals surface area contributed by atoms with Gasteiger partial charge >= 0.3 is 0 Å². The van der Waals surface area contributed by atoms with Gasteiger partial charge in [-0.15, -0.1) is 0 Å². The van der Waals surface area contributed by atoms with Crippen LogP contribution in [-0.2, 0) is 26.2 Å². The molecule has 0 aromatic heterocycles. The number of nitrogens with zero attached hydrogens (tertiary/aromatic N) is 2. The highest BCUT2D eigenvalue weighted by molar-refractivity contribution is 7.92. The molecule has 9 heteroatoms. The molecule has 0 radical (unpaired) electrons. The molecule has 2 atom stereocenters. The lowest BCUT2D eigenvalue weighted by molar-refractivity contribution is -0.140. The lowest BCUT2D eigenvalue weighted by Crippen LogP contribution is -2.53. The van der Waals surface area contributed by atoms with Crippen LogP contribution in [0.3, 0.4) is 0 Å². The first kappa shape index (κ1) is 31.7. The number of anilines is 1. The molecule has 220 valence electrons. The number of aryl methyl sites for hydroxylation is 2. The van der Waals surface area contributed by atoms with E-state index in [2.05, 4.69) is 5.32 Å². The van der Waals surface area contributed by atoms with Gasteiger partial charge in [-0.2, -0.15) is 0 Å². The number of nitrogens with one attached hydrogen (secondary N) is 1. The second-order valence-corrected chi connectivity index (χ2v) is 12.1. The number of rotatable bonds is 13. The van der Waals surface area contributed by atoms with Gasteiger partial charge in [-0.1, -0.05) is 61.4 Å². The summed E-state index contributed by atoms with van der Waals surface area (Å²) in [5.74, 6) is -0.189. The molecular weight excluding hydrogens is 538 g/mol. The third-order valence-electron chi connectivity index (χ3n) is 7.07. The Labute approximate surface area is 244 Å². The van der Waals surface area contributed by atoms with Crippen LogP contribution in [0.4, 0.5) is 5.69 Å². The predicted molar refractivity (Wildman–Crippen MR) is 162 cm³/mol. The van der Waals surface area contributed by atoms with Crippen LogP contribution in [-0.4, -0.2) is 50.9 Å². The Morgan fingerprint density at radius 2 is 1.56 bits per heavy atom. The molecule has 3 aromatic carbocycles. The van der Waals surface area contributed by atoms with Crippen LogP contribution in [0.25, 0.3) is 0 Å². The molecule has 3 rings (SSSR count). The van der Waals surface area contributed by atoms with Gasteiger partial charge in [0.25, 0.3) is 10.0 Å². The summed E-state index contributed by atoms with van der Waals surface area (Å²) >= 11 is 0. The fraction of sp³-hybridized carbons (Fsp3) is 0.375. The number of benzene rings is 3. The van der Waals surface area contributed by atoms with Gasteiger partial charge in [-0.25, -0.2) is 8.42 Å². The first-order chi connectivity index (χ1) is 19.5. The SMILES string of the molecule is CCC(C)NC(=O)C(CC)N(Cc1cccc(C)c1)C(=O)CN(c1ccc(OC)cc1)S(=O)(=O)c1ccc(C)cc1. The van der Waals surface area contributed by atoms with E-state index in [9.17, 15) is 18.0 Å². The van der Waals surface area contributed by atoms with Crippen molar-refractivity contribution >= 4 is 27.5 Å². The van der Waals surface area contributed by atoms with Gasteiger partial charge in [0.15, 0.2) is 0 Å². The number of carbonyl (C=O) groups is 2. The number of hydrogen-bond acceptors (Lipinski definition) is 5. The number of ether oxygens (including phenoxy) is 1. The summed E-state index contributed by atoms with van der Waals surface area (Å²) in [6.07, 6.45) is 1.11. The van der Waals surface area contributed by atoms with Crippen LogP contribution in [0.15, 0.2) is 77.7 Å². The Bertz CT molecular complexity index is 1420. The third-order valence-corrected chi connectivity index (χ3v) is 8.86. The van der Waals surface area contributed by atoms with Crippen molar-refractivity contribution in [3.63, 3.8) is 0 Å². The molecule has 8 nitrogen and oxygen atoms in total. The molecule has 0 aliphatic carbocycles. The first-order valence-corrected chi connectivity index (χ1v) is 15.3. The first-order valence-electron chi connectivity index (χ1n) is 13.9. The summed E-state index contributed by atoms with van der Waals surface area (Å²) in [7, 11) is -2.60. The quantitative estimate of drug-likeness (QED) is 0.299. The Balaban J connectivity index is 2.06. The van der Waals surface area contributed by atoms with Gasteiger partial charge in [-0.05, 0) is 75.6 Å². The average Bonchev–Trinajstić information content (AvgIpc) is 2.95. The number of sulfonamides is 1. The summed E-state index contributed by atoms with van der Waals surface area (Å²) in [6, 6.07) is 19.9. The molecule has 0 bridgehead atoms. The van der Waals surface area contributed by atoms with Crippen LogP contribution < -0.4 is 14.4 Å². The highest BCUT2D eigenvalue weighted by Crippen LogP contribution is 2.27. The zero-order valence-electron chi connectivity index (χ0n) is 24.8. The molecule has 0 saturated heterocycles.